The first-order valence-electron chi connectivity index (χ1n) is 8.18. The van der Waals surface area contributed by atoms with Crippen molar-refractivity contribution in [1.29, 1.82) is 0 Å². The van der Waals surface area contributed by atoms with Crippen LogP contribution in [0, 0.1) is 0 Å². The molecule has 0 bridgehead atoms. The Morgan fingerprint density at radius 3 is 2.30 bits per heavy atom. The van der Waals surface area contributed by atoms with E-state index in [9.17, 15) is 4.79 Å². The van der Waals surface area contributed by atoms with Gasteiger partial charge < -0.3 is 9.64 Å². The zero-order valence-electron chi connectivity index (χ0n) is 13.5. The second-order valence-corrected chi connectivity index (χ2v) is 6.79. The van der Waals surface area contributed by atoms with Crippen LogP contribution in [0.2, 0.25) is 0 Å². The summed E-state index contributed by atoms with van der Waals surface area (Å²) in [7, 11) is 4.14. The average Bonchev–Trinajstić information content (AvgIpc) is 2.93. The van der Waals surface area contributed by atoms with Gasteiger partial charge in [0.15, 0.2) is 5.78 Å². The molecule has 4 rings (SSSR count). The van der Waals surface area contributed by atoms with Crippen molar-refractivity contribution in [3.8, 4) is 0 Å². The molecule has 23 heavy (non-hydrogen) atoms. The first-order valence-corrected chi connectivity index (χ1v) is 8.18. The molecule has 3 nitrogen and oxygen atoms in total. The van der Waals surface area contributed by atoms with Gasteiger partial charge in [0.05, 0.1) is 12.2 Å². The Morgan fingerprint density at radius 1 is 1.00 bits per heavy atom. The molecule has 1 aliphatic carbocycles. The molecule has 118 valence electrons. The Bertz CT molecular complexity index is 695. The van der Waals surface area contributed by atoms with E-state index in [1.165, 1.54) is 0 Å². The minimum atomic E-state index is -0.0243. The van der Waals surface area contributed by atoms with Crippen molar-refractivity contribution in [3.05, 3.63) is 70.8 Å². The first kappa shape index (κ1) is 14.6. The highest BCUT2D eigenvalue weighted by molar-refractivity contribution is 6.11. The van der Waals surface area contributed by atoms with Crippen LogP contribution in [0.15, 0.2) is 48.5 Å². The molecular formula is C20H21NO2. The van der Waals surface area contributed by atoms with Crippen molar-refractivity contribution in [3.63, 3.8) is 0 Å². The van der Waals surface area contributed by atoms with Gasteiger partial charge in [-0.15, -0.1) is 0 Å². The summed E-state index contributed by atoms with van der Waals surface area (Å²) >= 11 is 0. The van der Waals surface area contributed by atoms with Crippen LogP contribution < -0.4 is 0 Å². The number of carbonyl (C=O) groups excluding carboxylic acids is 1. The number of nitrogens with zero attached hydrogens (tertiary/aromatic N) is 1. The molecule has 0 amide bonds. The van der Waals surface area contributed by atoms with Crippen LogP contribution in [-0.2, 0) is 4.74 Å². The highest BCUT2D eigenvalue weighted by Crippen LogP contribution is 2.49. The van der Waals surface area contributed by atoms with Crippen molar-refractivity contribution in [1.82, 2.24) is 4.90 Å². The van der Waals surface area contributed by atoms with Gasteiger partial charge in [-0.2, -0.15) is 0 Å². The Kier molecular flexibility index (Phi) is 3.55. The normalized spacial score (nSPS) is 25.7. The third kappa shape index (κ3) is 2.41. The molecule has 0 unspecified atom stereocenters. The maximum Gasteiger partial charge on any atom is 0.193 e. The van der Waals surface area contributed by atoms with E-state index < -0.39 is 0 Å². The van der Waals surface area contributed by atoms with Crippen LogP contribution in [0.5, 0.6) is 0 Å². The van der Waals surface area contributed by atoms with Crippen LogP contribution in [0.25, 0.3) is 0 Å². The van der Waals surface area contributed by atoms with Gasteiger partial charge in [0.25, 0.3) is 0 Å². The molecule has 0 saturated carbocycles. The summed E-state index contributed by atoms with van der Waals surface area (Å²) in [5, 5.41) is 0. The number of rotatable bonds is 2. The maximum absolute atomic E-state index is 13.0. The lowest BCUT2D eigenvalue weighted by Gasteiger charge is -2.19. The second-order valence-electron chi connectivity index (χ2n) is 6.79. The summed E-state index contributed by atoms with van der Waals surface area (Å²) in [5.74, 6) is 0.377. The molecule has 2 aromatic carbocycles. The van der Waals surface area contributed by atoms with E-state index in [0.29, 0.717) is 0 Å². The lowest BCUT2D eigenvalue weighted by Crippen LogP contribution is -2.25. The molecule has 3 heteroatoms. The van der Waals surface area contributed by atoms with Crippen molar-refractivity contribution in [2.24, 2.45) is 0 Å². The number of ketones is 1. The van der Waals surface area contributed by atoms with E-state index in [2.05, 4.69) is 31.1 Å². The first-order chi connectivity index (χ1) is 11.1. The summed E-state index contributed by atoms with van der Waals surface area (Å²) in [6, 6.07) is 15.9. The summed E-state index contributed by atoms with van der Waals surface area (Å²) in [5.41, 5.74) is 3.81. The zero-order chi connectivity index (χ0) is 16.0. The van der Waals surface area contributed by atoms with Gasteiger partial charge in [0.2, 0.25) is 0 Å². The van der Waals surface area contributed by atoms with Crippen molar-refractivity contribution >= 4 is 5.78 Å². The molecule has 0 spiro atoms. The Hall–Kier alpha value is -1.97. The van der Waals surface area contributed by atoms with Gasteiger partial charge in [0.1, 0.15) is 0 Å². The number of hydrogen-bond acceptors (Lipinski definition) is 3. The summed E-state index contributed by atoms with van der Waals surface area (Å²) in [6.07, 6.45) is 1.14. The predicted octanol–water partition coefficient (Wildman–Crippen LogP) is 3.41. The number of ether oxygens (including phenoxy) is 1. The van der Waals surface area contributed by atoms with Crippen molar-refractivity contribution in [2.45, 2.75) is 24.5 Å². The number of hydrogen-bond donors (Lipinski definition) is 0. The van der Waals surface area contributed by atoms with Crippen LogP contribution in [-0.4, -0.2) is 37.4 Å². The number of fused-ring (bicyclic) bond motifs is 5. The minimum Gasteiger partial charge on any atom is -0.368 e. The molecule has 3 atom stereocenters. The van der Waals surface area contributed by atoms with Gasteiger partial charge in [-0.1, -0.05) is 48.5 Å². The Morgan fingerprint density at radius 2 is 1.61 bits per heavy atom. The molecule has 1 fully saturated rings. The molecule has 1 heterocycles. The highest BCUT2D eigenvalue weighted by Gasteiger charge is 2.42. The van der Waals surface area contributed by atoms with E-state index in [-0.39, 0.29) is 23.9 Å². The Labute approximate surface area is 136 Å². The van der Waals surface area contributed by atoms with Crippen molar-refractivity contribution in [2.75, 3.05) is 20.6 Å². The largest absolute Gasteiger partial charge is 0.368 e. The zero-order valence-corrected chi connectivity index (χ0v) is 13.5. The standard InChI is InChI=1S/C20H21NO2/c1-21(2)12-13-11-18-14-7-3-4-8-15(14)19(22)16-9-5-6-10-17(16)20(18)23-13/h3-10,13,18,20H,11-12H2,1-2H3/t13-,18-,20-/m1/s1. The molecule has 1 aliphatic heterocycles. The number of likely N-dealkylation sites (N-methyl/N-ethyl adjacent to an activating group) is 1. The minimum absolute atomic E-state index is 0.0243. The monoisotopic (exact) mass is 307 g/mol. The smallest absolute Gasteiger partial charge is 0.193 e. The molecule has 0 radical (unpaired) electrons. The van der Waals surface area contributed by atoms with E-state index in [1.54, 1.807) is 0 Å². The fourth-order valence-corrected chi connectivity index (χ4v) is 3.99. The lowest BCUT2D eigenvalue weighted by molar-refractivity contribution is 0.0271. The van der Waals surface area contributed by atoms with Gasteiger partial charge >= 0.3 is 0 Å². The summed E-state index contributed by atoms with van der Waals surface area (Å²) < 4.78 is 6.39. The van der Waals surface area contributed by atoms with Crippen LogP contribution in [0.4, 0.5) is 0 Å². The van der Waals surface area contributed by atoms with E-state index in [4.69, 9.17) is 4.74 Å². The summed E-state index contributed by atoms with van der Waals surface area (Å²) in [6.45, 7) is 0.908. The van der Waals surface area contributed by atoms with E-state index in [0.717, 1.165) is 35.2 Å². The third-order valence-corrected chi connectivity index (χ3v) is 4.91. The molecule has 2 aromatic rings. The van der Waals surface area contributed by atoms with Gasteiger partial charge in [-0.3, -0.25) is 4.79 Å². The molecule has 0 N–H and O–H groups in total. The van der Waals surface area contributed by atoms with E-state index in [1.807, 2.05) is 36.4 Å². The van der Waals surface area contributed by atoms with Crippen LogP contribution in [0.1, 0.15) is 45.5 Å². The van der Waals surface area contributed by atoms with Crippen molar-refractivity contribution < 1.29 is 9.53 Å². The topological polar surface area (TPSA) is 29.5 Å². The molecule has 1 saturated heterocycles. The Balaban J connectivity index is 1.85. The van der Waals surface area contributed by atoms with Gasteiger partial charge in [-0.05, 0) is 31.6 Å². The third-order valence-electron chi connectivity index (χ3n) is 4.91. The fraction of sp³-hybridized carbons (Fsp3) is 0.350. The highest BCUT2D eigenvalue weighted by atomic mass is 16.5. The lowest BCUT2D eigenvalue weighted by atomic mass is 9.87. The SMILES string of the molecule is CN(C)C[C@H]1C[C@@H]2c3ccccc3C(=O)c3ccccc3[C@H]2O1. The predicted molar refractivity (Wildman–Crippen MR) is 89.8 cm³/mol. The number of carbonyl (C=O) groups is 1. The van der Waals surface area contributed by atoms with Crippen LogP contribution >= 0.6 is 0 Å². The number of benzene rings is 2. The average molecular weight is 307 g/mol. The van der Waals surface area contributed by atoms with Gasteiger partial charge in [0, 0.05) is 23.6 Å². The summed E-state index contributed by atoms with van der Waals surface area (Å²) in [4.78, 5) is 15.1. The second kappa shape index (κ2) is 5.59. The van der Waals surface area contributed by atoms with E-state index >= 15 is 0 Å². The molecule has 2 aliphatic rings. The quantitative estimate of drug-likeness (QED) is 0.851. The van der Waals surface area contributed by atoms with Crippen LogP contribution in [0.3, 0.4) is 0 Å². The molecular weight excluding hydrogens is 286 g/mol. The van der Waals surface area contributed by atoms with Gasteiger partial charge in [-0.25, -0.2) is 0 Å². The fourth-order valence-electron chi connectivity index (χ4n) is 3.99. The maximum atomic E-state index is 13.0. The molecule has 0 aromatic heterocycles.